The number of amides is 2. The van der Waals surface area contributed by atoms with Gasteiger partial charge in [0.25, 0.3) is 11.8 Å². The fourth-order valence-electron chi connectivity index (χ4n) is 1.78. The summed E-state index contributed by atoms with van der Waals surface area (Å²) in [7, 11) is 0. The molecule has 2 aromatic rings. The largest absolute Gasteiger partial charge is 0.269 e. The van der Waals surface area contributed by atoms with Crippen LogP contribution < -0.4 is 10.9 Å². The molecule has 0 heterocycles. The summed E-state index contributed by atoms with van der Waals surface area (Å²) in [6.07, 6.45) is 0. The molecule has 0 unspecified atom stereocenters. The summed E-state index contributed by atoms with van der Waals surface area (Å²) >= 11 is 0. The van der Waals surface area contributed by atoms with Crippen LogP contribution in [0.25, 0.3) is 0 Å². The molecule has 0 atom stereocenters. The topological polar surface area (TPSA) is 82.0 Å². The average Bonchev–Trinajstić information content (AvgIpc) is 2.52. The molecule has 104 valence electrons. The van der Waals surface area contributed by atoms with Gasteiger partial charge in [0.1, 0.15) is 0 Å². The highest BCUT2D eigenvalue weighted by Crippen LogP contribution is 2.06. The van der Waals surface area contributed by atoms with Crippen molar-refractivity contribution in [1.29, 1.82) is 5.26 Å². The second-order valence-electron chi connectivity index (χ2n) is 4.41. The number of nitriles is 1. The monoisotopic (exact) mass is 279 g/mol. The van der Waals surface area contributed by atoms with Gasteiger partial charge in [-0.15, -0.1) is 0 Å². The highest BCUT2D eigenvalue weighted by atomic mass is 16.2. The number of aryl methyl sites for hydroxylation is 1. The molecule has 0 radical (unpaired) electrons. The molecule has 21 heavy (non-hydrogen) atoms. The van der Waals surface area contributed by atoms with Crippen LogP contribution in [0.2, 0.25) is 0 Å². The lowest BCUT2D eigenvalue weighted by Gasteiger charge is -2.09. The van der Waals surface area contributed by atoms with E-state index in [1.54, 1.807) is 12.1 Å². The van der Waals surface area contributed by atoms with E-state index in [2.05, 4.69) is 10.9 Å². The second-order valence-corrected chi connectivity index (χ2v) is 4.41. The average molecular weight is 279 g/mol. The number of carbonyl (C=O) groups excluding carboxylic acids is 2. The Bertz CT molecular complexity index is 715. The van der Waals surface area contributed by atoms with Crippen molar-refractivity contribution in [3.05, 3.63) is 70.8 Å². The van der Waals surface area contributed by atoms with Crippen LogP contribution in [-0.4, -0.2) is 11.8 Å². The summed E-state index contributed by atoms with van der Waals surface area (Å²) in [5, 5.41) is 8.69. The number of nitrogens with zero attached hydrogens (tertiary/aromatic N) is 1. The van der Waals surface area contributed by atoms with E-state index in [0.29, 0.717) is 16.7 Å². The normalized spacial score (nSPS) is 9.52. The van der Waals surface area contributed by atoms with E-state index < -0.39 is 5.91 Å². The Balaban J connectivity index is 1.99. The van der Waals surface area contributed by atoms with Gasteiger partial charge in [-0.1, -0.05) is 18.2 Å². The van der Waals surface area contributed by atoms with Gasteiger partial charge in [0.05, 0.1) is 11.6 Å². The van der Waals surface area contributed by atoms with Gasteiger partial charge in [0.2, 0.25) is 0 Å². The maximum atomic E-state index is 11.9. The fraction of sp³-hybridized carbons (Fsp3) is 0.0625. The van der Waals surface area contributed by atoms with E-state index in [1.165, 1.54) is 24.3 Å². The maximum absolute atomic E-state index is 11.9. The predicted molar refractivity (Wildman–Crippen MR) is 77.3 cm³/mol. The first-order chi connectivity index (χ1) is 10.1. The Morgan fingerprint density at radius 3 is 2.19 bits per heavy atom. The first-order valence-corrected chi connectivity index (χ1v) is 6.28. The van der Waals surface area contributed by atoms with E-state index in [0.717, 1.165) is 5.56 Å². The van der Waals surface area contributed by atoms with Gasteiger partial charge in [-0.05, 0) is 42.8 Å². The molecule has 2 amide bonds. The summed E-state index contributed by atoms with van der Waals surface area (Å²) < 4.78 is 0. The van der Waals surface area contributed by atoms with Crippen molar-refractivity contribution in [3.63, 3.8) is 0 Å². The summed E-state index contributed by atoms with van der Waals surface area (Å²) in [4.78, 5) is 23.8. The number of carbonyl (C=O) groups is 2. The molecule has 0 aromatic heterocycles. The zero-order valence-corrected chi connectivity index (χ0v) is 11.4. The van der Waals surface area contributed by atoms with E-state index >= 15 is 0 Å². The third kappa shape index (κ3) is 3.45. The van der Waals surface area contributed by atoms with Crippen LogP contribution in [0.3, 0.4) is 0 Å². The number of benzene rings is 2. The summed E-state index contributed by atoms with van der Waals surface area (Å²) in [6.45, 7) is 1.82. The van der Waals surface area contributed by atoms with E-state index in [4.69, 9.17) is 5.26 Å². The highest BCUT2D eigenvalue weighted by molar-refractivity contribution is 5.99. The smallest absolute Gasteiger partial charge is 0.267 e. The number of hydrogen-bond donors (Lipinski definition) is 2. The van der Waals surface area contributed by atoms with Crippen molar-refractivity contribution in [2.24, 2.45) is 0 Å². The first kappa shape index (κ1) is 14.3. The Kier molecular flexibility index (Phi) is 4.32. The molecule has 5 nitrogen and oxygen atoms in total. The molecular formula is C16H13N3O2. The minimum Gasteiger partial charge on any atom is -0.267 e. The molecular weight excluding hydrogens is 266 g/mol. The third-order valence-electron chi connectivity index (χ3n) is 2.96. The number of rotatable bonds is 2. The van der Waals surface area contributed by atoms with Crippen LogP contribution in [0, 0.1) is 18.3 Å². The molecule has 0 bridgehead atoms. The minimum absolute atomic E-state index is 0.360. The van der Waals surface area contributed by atoms with Crippen molar-refractivity contribution in [2.75, 3.05) is 0 Å². The molecule has 2 N–H and O–H groups in total. The van der Waals surface area contributed by atoms with Crippen molar-refractivity contribution >= 4 is 11.8 Å². The Hall–Kier alpha value is -3.13. The molecule has 0 spiro atoms. The molecule has 0 saturated heterocycles. The van der Waals surface area contributed by atoms with Gasteiger partial charge in [0.15, 0.2) is 0 Å². The van der Waals surface area contributed by atoms with Gasteiger partial charge in [-0.2, -0.15) is 5.26 Å². The Morgan fingerprint density at radius 1 is 0.952 bits per heavy atom. The second kappa shape index (κ2) is 6.35. The molecule has 0 aliphatic heterocycles. The van der Waals surface area contributed by atoms with Crippen LogP contribution >= 0.6 is 0 Å². The van der Waals surface area contributed by atoms with Crippen LogP contribution in [0.4, 0.5) is 0 Å². The first-order valence-electron chi connectivity index (χ1n) is 6.28. The number of hydrogen-bond acceptors (Lipinski definition) is 3. The van der Waals surface area contributed by atoms with Gasteiger partial charge in [0, 0.05) is 11.1 Å². The number of nitrogens with one attached hydrogen (secondary N) is 2. The third-order valence-corrected chi connectivity index (χ3v) is 2.96. The van der Waals surface area contributed by atoms with Crippen LogP contribution in [-0.2, 0) is 0 Å². The molecule has 2 aromatic carbocycles. The van der Waals surface area contributed by atoms with Crippen molar-refractivity contribution in [2.45, 2.75) is 6.92 Å². The predicted octanol–water partition coefficient (Wildman–Crippen LogP) is 1.94. The zero-order chi connectivity index (χ0) is 15.2. The zero-order valence-electron chi connectivity index (χ0n) is 11.4. The molecule has 0 saturated carbocycles. The lowest BCUT2D eigenvalue weighted by atomic mass is 10.1. The SMILES string of the molecule is Cc1ccccc1C(=O)NNC(=O)c1ccc(C#N)cc1. The molecule has 5 heteroatoms. The van der Waals surface area contributed by atoms with Crippen molar-refractivity contribution in [3.8, 4) is 6.07 Å². The van der Waals surface area contributed by atoms with Gasteiger partial charge >= 0.3 is 0 Å². The standard InChI is InChI=1S/C16H13N3O2/c1-11-4-2-3-5-14(11)16(21)19-18-15(20)13-8-6-12(10-17)7-9-13/h2-9H,1H3,(H,18,20)(H,19,21). The molecule has 0 aliphatic carbocycles. The van der Waals surface area contributed by atoms with E-state index in [1.807, 2.05) is 25.1 Å². The Labute approximate surface area is 122 Å². The molecule has 0 aliphatic rings. The lowest BCUT2D eigenvalue weighted by molar-refractivity contribution is 0.0846. The maximum Gasteiger partial charge on any atom is 0.269 e. The summed E-state index contributed by atoms with van der Waals surface area (Å²) in [5.74, 6) is -0.823. The fourth-order valence-corrected chi connectivity index (χ4v) is 1.78. The van der Waals surface area contributed by atoms with Crippen LogP contribution in [0.5, 0.6) is 0 Å². The Morgan fingerprint density at radius 2 is 1.57 bits per heavy atom. The highest BCUT2D eigenvalue weighted by Gasteiger charge is 2.10. The summed E-state index contributed by atoms with van der Waals surface area (Å²) in [5.41, 5.74) is 6.85. The lowest BCUT2D eigenvalue weighted by Crippen LogP contribution is -2.41. The number of hydrazine groups is 1. The molecule has 2 rings (SSSR count). The van der Waals surface area contributed by atoms with Crippen molar-refractivity contribution in [1.82, 2.24) is 10.9 Å². The van der Waals surface area contributed by atoms with Crippen LogP contribution in [0.1, 0.15) is 31.8 Å². The van der Waals surface area contributed by atoms with Crippen molar-refractivity contribution < 1.29 is 9.59 Å². The van der Waals surface area contributed by atoms with E-state index in [-0.39, 0.29) is 5.91 Å². The summed E-state index contributed by atoms with van der Waals surface area (Å²) in [6, 6.07) is 15.2. The van der Waals surface area contributed by atoms with Gasteiger partial charge in [-0.25, -0.2) is 0 Å². The van der Waals surface area contributed by atoms with Crippen LogP contribution in [0.15, 0.2) is 48.5 Å². The van der Waals surface area contributed by atoms with E-state index in [9.17, 15) is 9.59 Å². The molecule has 0 fully saturated rings. The minimum atomic E-state index is -0.443. The van der Waals surface area contributed by atoms with Gasteiger partial charge in [-0.3, -0.25) is 20.4 Å². The van der Waals surface area contributed by atoms with Gasteiger partial charge < -0.3 is 0 Å². The quantitative estimate of drug-likeness (QED) is 0.824.